The molecule has 0 aromatic heterocycles. The van der Waals surface area contributed by atoms with Crippen molar-refractivity contribution in [3.63, 3.8) is 0 Å². The largest absolute Gasteiger partial charge is 0.312 e. The van der Waals surface area contributed by atoms with Crippen LogP contribution in [-0.4, -0.2) is 6.54 Å². The number of rotatable bonds is 4. The Morgan fingerprint density at radius 1 is 1.12 bits per heavy atom. The number of hydrogen-bond acceptors (Lipinski definition) is 1. The maximum atomic E-state index is 3.55. The summed E-state index contributed by atoms with van der Waals surface area (Å²) in [5.41, 5.74) is 4.52. The summed E-state index contributed by atoms with van der Waals surface area (Å²) in [7, 11) is 0. The highest BCUT2D eigenvalue weighted by Crippen LogP contribution is 2.24. The van der Waals surface area contributed by atoms with Crippen LogP contribution in [0.3, 0.4) is 0 Å². The summed E-state index contributed by atoms with van der Waals surface area (Å²) in [5, 5.41) is 3.55. The summed E-state index contributed by atoms with van der Waals surface area (Å²) in [5.74, 6) is 0.689. The van der Waals surface area contributed by atoms with Crippen molar-refractivity contribution in [3.8, 4) is 0 Å². The third-order valence-electron chi connectivity index (χ3n) is 3.83. The van der Waals surface area contributed by atoms with Crippen LogP contribution in [0, 0.1) is 25.2 Å². The molecule has 0 saturated carbocycles. The van der Waals surface area contributed by atoms with E-state index in [1.165, 1.54) is 16.7 Å². The third kappa shape index (κ3) is 4.51. The summed E-state index contributed by atoms with van der Waals surface area (Å²) in [6.07, 6.45) is 0. The van der Waals surface area contributed by atoms with Gasteiger partial charge in [0.05, 0.1) is 0 Å². The highest BCUT2D eigenvalue weighted by molar-refractivity contribution is 5.29. The minimum Gasteiger partial charge on any atom is -0.312 e. The van der Waals surface area contributed by atoms with Gasteiger partial charge in [-0.15, -0.1) is 0 Å². The highest BCUT2D eigenvalue weighted by atomic mass is 14.9. The van der Waals surface area contributed by atoms with E-state index in [0.29, 0.717) is 11.3 Å². The maximum Gasteiger partial charge on any atom is 0.0205 e. The molecule has 0 aliphatic rings. The van der Waals surface area contributed by atoms with Crippen LogP contribution >= 0.6 is 0 Å². The number of benzene rings is 1. The molecule has 0 aliphatic carbocycles. The minimum atomic E-state index is 0.385. The second kappa shape index (κ2) is 5.68. The van der Waals surface area contributed by atoms with Crippen molar-refractivity contribution in [1.29, 1.82) is 0 Å². The molecule has 0 saturated heterocycles. The predicted octanol–water partition coefficient (Wildman–Crippen LogP) is 4.08. The second-order valence-electron chi connectivity index (χ2n) is 6.32. The Morgan fingerprint density at radius 3 is 2.29 bits per heavy atom. The average Bonchev–Trinajstić information content (AvgIpc) is 2.22. The Morgan fingerprint density at radius 2 is 1.76 bits per heavy atom. The van der Waals surface area contributed by atoms with E-state index in [-0.39, 0.29) is 0 Å². The lowest BCUT2D eigenvalue weighted by Gasteiger charge is -2.27. The molecule has 0 radical (unpaired) electrons. The first-order valence-electron chi connectivity index (χ1n) is 6.57. The molecule has 1 nitrogen and oxygen atoms in total. The van der Waals surface area contributed by atoms with E-state index >= 15 is 0 Å². The molecular formula is C16H27N. The molecule has 96 valence electrons. The van der Waals surface area contributed by atoms with E-state index in [9.17, 15) is 0 Å². The average molecular weight is 233 g/mol. The van der Waals surface area contributed by atoms with Gasteiger partial charge < -0.3 is 5.32 Å². The van der Waals surface area contributed by atoms with E-state index in [2.05, 4.69) is 65.1 Å². The van der Waals surface area contributed by atoms with Crippen LogP contribution in [-0.2, 0) is 6.54 Å². The summed E-state index contributed by atoms with van der Waals surface area (Å²) in [4.78, 5) is 0. The van der Waals surface area contributed by atoms with Gasteiger partial charge in [-0.1, -0.05) is 45.9 Å². The molecule has 1 aromatic carbocycles. The van der Waals surface area contributed by atoms with E-state index in [0.717, 1.165) is 13.1 Å². The van der Waals surface area contributed by atoms with Crippen LogP contribution in [0.2, 0.25) is 0 Å². The van der Waals surface area contributed by atoms with Gasteiger partial charge in [-0.2, -0.15) is 0 Å². The number of aryl methyl sites for hydroxylation is 2. The first kappa shape index (κ1) is 14.2. The fraction of sp³-hybridized carbons (Fsp3) is 0.625. The van der Waals surface area contributed by atoms with Gasteiger partial charge in [-0.05, 0) is 48.4 Å². The standard InChI is InChI=1S/C16H27N/c1-12-7-8-15(9-13(12)2)11-17-10-14(3)16(4,5)6/h7-9,14,17H,10-11H2,1-6H3. The van der Waals surface area contributed by atoms with Gasteiger partial charge in [0.15, 0.2) is 0 Å². The Balaban J connectivity index is 2.44. The third-order valence-corrected chi connectivity index (χ3v) is 3.83. The summed E-state index contributed by atoms with van der Waals surface area (Å²) >= 11 is 0. The van der Waals surface area contributed by atoms with Crippen molar-refractivity contribution in [2.24, 2.45) is 11.3 Å². The smallest absolute Gasteiger partial charge is 0.0205 e. The van der Waals surface area contributed by atoms with Gasteiger partial charge >= 0.3 is 0 Å². The molecular weight excluding hydrogens is 206 g/mol. The topological polar surface area (TPSA) is 12.0 Å². The number of nitrogens with one attached hydrogen (secondary N) is 1. The predicted molar refractivity (Wildman–Crippen MR) is 76.2 cm³/mol. The molecule has 0 fully saturated rings. The minimum absolute atomic E-state index is 0.385. The number of hydrogen-bond donors (Lipinski definition) is 1. The van der Waals surface area contributed by atoms with Crippen molar-refractivity contribution in [2.75, 3.05) is 6.54 Å². The lowest BCUT2D eigenvalue weighted by atomic mass is 9.82. The summed E-state index contributed by atoms with van der Waals surface area (Å²) in [6.45, 7) is 15.6. The van der Waals surface area contributed by atoms with Gasteiger partial charge in [0.25, 0.3) is 0 Å². The summed E-state index contributed by atoms with van der Waals surface area (Å²) in [6, 6.07) is 6.71. The van der Waals surface area contributed by atoms with Crippen LogP contribution in [0.25, 0.3) is 0 Å². The maximum absolute atomic E-state index is 3.55. The zero-order chi connectivity index (χ0) is 13.1. The van der Waals surface area contributed by atoms with E-state index in [4.69, 9.17) is 0 Å². The van der Waals surface area contributed by atoms with Crippen molar-refractivity contribution < 1.29 is 0 Å². The molecule has 17 heavy (non-hydrogen) atoms. The van der Waals surface area contributed by atoms with Crippen LogP contribution in [0.5, 0.6) is 0 Å². The molecule has 0 aliphatic heterocycles. The van der Waals surface area contributed by atoms with E-state index < -0.39 is 0 Å². The molecule has 0 amide bonds. The zero-order valence-corrected chi connectivity index (χ0v) is 12.2. The van der Waals surface area contributed by atoms with Crippen LogP contribution in [0.4, 0.5) is 0 Å². The fourth-order valence-electron chi connectivity index (χ4n) is 1.65. The van der Waals surface area contributed by atoms with Gasteiger partial charge in [0.2, 0.25) is 0 Å². The summed E-state index contributed by atoms with van der Waals surface area (Å²) < 4.78 is 0. The Labute approximate surface area is 107 Å². The van der Waals surface area contributed by atoms with Crippen molar-refractivity contribution >= 4 is 0 Å². The quantitative estimate of drug-likeness (QED) is 0.826. The van der Waals surface area contributed by atoms with E-state index in [1.54, 1.807) is 0 Å². The van der Waals surface area contributed by atoms with E-state index in [1.807, 2.05) is 0 Å². The Kier molecular flexibility index (Phi) is 4.76. The SMILES string of the molecule is Cc1ccc(CNCC(C)C(C)(C)C)cc1C. The zero-order valence-electron chi connectivity index (χ0n) is 12.2. The van der Waals surface area contributed by atoms with Crippen LogP contribution < -0.4 is 5.32 Å². The van der Waals surface area contributed by atoms with Gasteiger partial charge in [-0.3, -0.25) is 0 Å². The van der Waals surface area contributed by atoms with Gasteiger partial charge in [-0.25, -0.2) is 0 Å². The molecule has 1 rings (SSSR count). The Bertz CT molecular complexity index is 360. The molecule has 1 heteroatoms. The monoisotopic (exact) mass is 233 g/mol. The molecule has 1 aromatic rings. The molecule has 1 unspecified atom stereocenters. The molecule has 1 atom stereocenters. The van der Waals surface area contributed by atoms with Crippen LogP contribution in [0.15, 0.2) is 18.2 Å². The van der Waals surface area contributed by atoms with Crippen LogP contribution in [0.1, 0.15) is 44.4 Å². The van der Waals surface area contributed by atoms with Crippen molar-refractivity contribution in [1.82, 2.24) is 5.32 Å². The Hall–Kier alpha value is -0.820. The first-order valence-corrected chi connectivity index (χ1v) is 6.57. The van der Waals surface area contributed by atoms with Gasteiger partial charge in [0, 0.05) is 6.54 Å². The normalized spacial score (nSPS) is 13.8. The lowest BCUT2D eigenvalue weighted by molar-refractivity contribution is 0.252. The molecule has 1 N–H and O–H groups in total. The second-order valence-corrected chi connectivity index (χ2v) is 6.32. The van der Waals surface area contributed by atoms with Crippen molar-refractivity contribution in [2.45, 2.75) is 48.1 Å². The van der Waals surface area contributed by atoms with Crippen molar-refractivity contribution in [3.05, 3.63) is 34.9 Å². The van der Waals surface area contributed by atoms with Gasteiger partial charge in [0.1, 0.15) is 0 Å². The molecule has 0 heterocycles. The molecule has 0 spiro atoms. The first-order chi connectivity index (χ1) is 7.80. The highest BCUT2D eigenvalue weighted by Gasteiger charge is 2.18. The lowest BCUT2D eigenvalue weighted by Crippen LogP contribution is -2.29. The molecule has 0 bridgehead atoms. The fourth-order valence-corrected chi connectivity index (χ4v) is 1.65.